The van der Waals surface area contributed by atoms with Crippen LogP contribution in [0.1, 0.15) is 10.5 Å². The number of thiophene rings is 1. The molecule has 66 valence electrons. The van der Waals surface area contributed by atoms with Gasteiger partial charge in [-0.3, -0.25) is 0 Å². The number of methoxy groups -OCH3 is 1. The minimum Gasteiger partial charge on any atom is -0.464 e. The lowest BCUT2D eigenvalue weighted by atomic mass is 10.3. The molecule has 0 saturated heterocycles. The van der Waals surface area contributed by atoms with Crippen molar-refractivity contribution < 1.29 is 9.53 Å². The minimum atomic E-state index is -0.425. The third kappa shape index (κ3) is 1.27. The molecule has 0 aliphatic carbocycles. The van der Waals surface area contributed by atoms with Crippen molar-refractivity contribution in [3.05, 3.63) is 23.5 Å². The fourth-order valence-corrected chi connectivity index (χ4v) is 1.78. The van der Waals surface area contributed by atoms with Crippen LogP contribution in [0.25, 0.3) is 10.2 Å². The summed E-state index contributed by atoms with van der Waals surface area (Å²) < 4.78 is 4.59. The summed E-state index contributed by atoms with van der Waals surface area (Å²) in [5, 5.41) is 2.62. The van der Waals surface area contributed by atoms with Gasteiger partial charge in [-0.25, -0.2) is 14.8 Å². The van der Waals surface area contributed by atoms with Crippen LogP contribution in [0.4, 0.5) is 0 Å². The summed E-state index contributed by atoms with van der Waals surface area (Å²) >= 11 is 1.47. The molecule has 0 aliphatic heterocycles. The average Bonchev–Trinajstić information content (AvgIpc) is 2.63. The van der Waals surface area contributed by atoms with Crippen LogP contribution in [0.5, 0.6) is 0 Å². The molecule has 0 spiro atoms. The molecule has 2 aromatic rings. The maximum absolute atomic E-state index is 11.2. The lowest BCUT2D eigenvalue weighted by Crippen LogP contribution is -2.04. The number of rotatable bonds is 1. The molecule has 0 bridgehead atoms. The van der Waals surface area contributed by atoms with Crippen LogP contribution in [-0.4, -0.2) is 23.0 Å². The third-order valence-electron chi connectivity index (χ3n) is 1.64. The summed E-state index contributed by atoms with van der Waals surface area (Å²) in [5.74, 6) is -0.425. The molecule has 0 amide bonds. The second-order valence-electron chi connectivity index (χ2n) is 2.35. The van der Waals surface area contributed by atoms with Crippen LogP contribution in [0, 0.1) is 0 Å². The highest BCUT2D eigenvalue weighted by molar-refractivity contribution is 7.16. The van der Waals surface area contributed by atoms with Crippen molar-refractivity contribution in [3.63, 3.8) is 0 Å². The van der Waals surface area contributed by atoms with E-state index in [1.807, 2.05) is 11.4 Å². The van der Waals surface area contributed by atoms with E-state index in [2.05, 4.69) is 14.7 Å². The molecule has 0 atom stereocenters. The summed E-state index contributed by atoms with van der Waals surface area (Å²) in [6, 6.07) is 1.81. The summed E-state index contributed by atoms with van der Waals surface area (Å²) in [5.41, 5.74) is 0.328. The highest BCUT2D eigenvalue weighted by Crippen LogP contribution is 2.20. The zero-order valence-corrected chi connectivity index (χ0v) is 7.67. The van der Waals surface area contributed by atoms with Gasteiger partial charge in [-0.1, -0.05) is 0 Å². The van der Waals surface area contributed by atoms with Crippen molar-refractivity contribution in [2.75, 3.05) is 7.11 Å². The lowest BCUT2D eigenvalue weighted by Gasteiger charge is -1.97. The molecule has 13 heavy (non-hydrogen) atoms. The molecule has 4 nitrogen and oxygen atoms in total. The first-order valence-electron chi connectivity index (χ1n) is 3.59. The molecule has 0 unspecified atom stereocenters. The Balaban J connectivity index is 2.67. The summed E-state index contributed by atoms with van der Waals surface area (Å²) in [7, 11) is 1.34. The first-order chi connectivity index (χ1) is 6.33. The number of aromatic nitrogens is 2. The van der Waals surface area contributed by atoms with Crippen molar-refractivity contribution in [2.45, 2.75) is 0 Å². The zero-order valence-electron chi connectivity index (χ0n) is 6.85. The van der Waals surface area contributed by atoms with Gasteiger partial charge < -0.3 is 4.74 Å². The van der Waals surface area contributed by atoms with E-state index in [1.54, 1.807) is 0 Å². The van der Waals surface area contributed by atoms with Crippen molar-refractivity contribution in [3.8, 4) is 0 Å². The Morgan fingerprint density at radius 3 is 3.15 bits per heavy atom. The lowest BCUT2D eigenvalue weighted by molar-refractivity contribution is 0.0596. The molecule has 0 aliphatic rings. The van der Waals surface area contributed by atoms with Gasteiger partial charge in [0.15, 0.2) is 5.69 Å². The number of hydrogen-bond donors (Lipinski definition) is 0. The highest BCUT2D eigenvalue weighted by Gasteiger charge is 2.12. The van der Waals surface area contributed by atoms with Gasteiger partial charge >= 0.3 is 5.97 Å². The molecule has 2 rings (SSSR count). The Hall–Kier alpha value is -1.49. The molecular weight excluding hydrogens is 188 g/mol. The van der Waals surface area contributed by atoms with Crippen LogP contribution < -0.4 is 0 Å². The number of ether oxygens (including phenoxy) is 1. The van der Waals surface area contributed by atoms with Gasteiger partial charge in [0.2, 0.25) is 0 Å². The molecule has 5 heteroatoms. The molecule has 0 radical (unpaired) electrons. The fourth-order valence-electron chi connectivity index (χ4n) is 1.05. The SMILES string of the molecule is COC(=O)c1ncnc2sccc12. The molecule has 0 N–H and O–H groups in total. The average molecular weight is 194 g/mol. The Kier molecular flexibility index (Phi) is 1.94. The van der Waals surface area contributed by atoms with Crippen LogP contribution in [0.15, 0.2) is 17.8 Å². The van der Waals surface area contributed by atoms with Crippen LogP contribution in [0.2, 0.25) is 0 Å². The number of carbonyl (C=O) groups excluding carboxylic acids is 1. The van der Waals surface area contributed by atoms with Gasteiger partial charge in [-0.15, -0.1) is 11.3 Å². The largest absolute Gasteiger partial charge is 0.464 e. The monoisotopic (exact) mass is 194 g/mol. The first-order valence-corrected chi connectivity index (χ1v) is 4.47. The van der Waals surface area contributed by atoms with E-state index in [4.69, 9.17) is 0 Å². The molecule has 2 aromatic heterocycles. The van der Waals surface area contributed by atoms with E-state index < -0.39 is 5.97 Å². The Labute approximate surface area is 78.2 Å². The van der Waals surface area contributed by atoms with E-state index in [0.29, 0.717) is 5.69 Å². The second kappa shape index (κ2) is 3.10. The minimum absolute atomic E-state index is 0.328. The van der Waals surface area contributed by atoms with Crippen LogP contribution >= 0.6 is 11.3 Å². The van der Waals surface area contributed by atoms with Crippen molar-refractivity contribution in [2.24, 2.45) is 0 Å². The van der Waals surface area contributed by atoms with Crippen molar-refractivity contribution in [1.29, 1.82) is 0 Å². The number of hydrogen-bond acceptors (Lipinski definition) is 5. The standard InChI is InChI=1S/C8H6N2O2S/c1-12-8(11)6-5-2-3-13-7(5)10-4-9-6/h2-4H,1H3. The van der Waals surface area contributed by atoms with E-state index in [9.17, 15) is 4.79 Å². The van der Waals surface area contributed by atoms with Gasteiger partial charge in [-0.05, 0) is 11.4 Å². The predicted octanol–water partition coefficient (Wildman–Crippen LogP) is 1.48. The van der Waals surface area contributed by atoms with E-state index >= 15 is 0 Å². The number of fused-ring (bicyclic) bond motifs is 1. The smallest absolute Gasteiger partial charge is 0.357 e. The van der Waals surface area contributed by atoms with Gasteiger partial charge in [0, 0.05) is 5.39 Å². The van der Waals surface area contributed by atoms with E-state index in [-0.39, 0.29) is 0 Å². The molecule has 2 heterocycles. The first kappa shape index (κ1) is 8.12. The normalized spacial score (nSPS) is 10.2. The van der Waals surface area contributed by atoms with Gasteiger partial charge in [-0.2, -0.15) is 0 Å². The molecule has 0 aromatic carbocycles. The Bertz CT molecular complexity index is 452. The molecule has 0 fully saturated rings. The van der Waals surface area contributed by atoms with Gasteiger partial charge in [0.25, 0.3) is 0 Å². The van der Waals surface area contributed by atoms with Gasteiger partial charge in [0.05, 0.1) is 7.11 Å². The number of carbonyl (C=O) groups is 1. The Morgan fingerprint density at radius 2 is 2.38 bits per heavy atom. The molecular formula is C8H6N2O2S. The summed E-state index contributed by atoms with van der Waals surface area (Å²) in [4.78, 5) is 19.9. The predicted molar refractivity (Wildman–Crippen MR) is 48.8 cm³/mol. The zero-order chi connectivity index (χ0) is 9.26. The van der Waals surface area contributed by atoms with E-state index in [1.165, 1.54) is 24.8 Å². The highest BCUT2D eigenvalue weighted by atomic mass is 32.1. The maximum atomic E-state index is 11.2. The third-order valence-corrected chi connectivity index (χ3v) is 2.46. The quantitative estimate of drug-likeness (QED) is 0.645. The Morgan fingerprint density at radius 1 is 1.54 bits per heavy atom. The topological polar surface area (TPSA) is 52.1 Å². The van der Waals surface area contributed by atoms with Crippen LogP contribution in [-0.2, 0) is 4.74 Å². The second-order valence-corrected chi connectivity index (χ2v) is 3.25. The van der Waals surface area contributed by atoms with Crippen molar-refractivity contribution in [1.82, 2.24) is 9.97 Å². The van der Waals surface area contributed by atoms with E-state index in [0.717, 1.165) is 10.2 Å². The number of nitrogens with zero attached hydrogens (tertiary/aromatic N) is 2. The maximum Gasteiger partial charge on any atom is 0.357 e. The van der Waals surface area contributed by atoms with Gasteiger partial charge in [0.1, 0.15) is 11.2 Å². The number of esters is 1. The summed E-state index contributed by atoms with van der Waals surface area (Å²) in [6.07, 6.45) is 1.37. The van der Waals surface area contributed by atoms with Crippen LogP contribution in [0.3, 0.4) is 0 Å². The fraction of sp³-hybridized carbons (Fsp3) is 0.125. The van der Waals surface area contributed by atoms with Crippen molar-refractivity contribution >= 4 is 27.5 Å². The summed E-state index contributed by atoms with van der Waals surface area (Å²) in [6.45, 7) is 0. The molecule has 0 saturated carbocycles.